The van der Waals surface area contributed by atoms with Crippen LogP contribution in [0, 0.1) is 0 Å². The summed E-state index contributed by atoms with van der Waals surface area (Å²) in [4.78, 5) is 43.4. The Labute approximate surface area is 314 Å². The first-order chi connectivity index (χ1) is 26.4. The normalized spacial score (nSPS) is 20.0. The first-order valence-corrected chi connectivity index (χ1v) is 18.5. The topological polar surface area (TPSA) is 147 Å². The van der Waals surface area contributed by atoms with Crippen molar-refractivity contribution in [1.29, 1.82) is 0 Å². The minimum atomic E-state index is -0.823. The number of carbonyl (C=O) groups is 2. The molecule has 0 saturated carbocycles. The highest BCUT2D eigenvalue weighted by Crippen LogP contribution is 2.38. The quantitative estimate of drug-likeness (QED) is 0.127. The van der Waals surface area contributed by atoms with Crippen LogP contribution in [0.1, 0.15) is 65.5 Å². The number of esters is 1. The SMILES string of the molecule is COC(=O)C(Cc1ccccc1)NC(=O)NCc1ccc(C2OC(CN3CCC(n4c(=O)[nH]c5ccccc54)CC3)CC(c3ccc(CO)cc3)O2)cc1. The van der Waals surface area contributed by atoms with E-state index in [0.29, 0.717) is 12.8 Å². The smallest absolute Gasteiger partial charge is 0.328 e. The number of urea groups is 1. The Morgan fingerprint density at radius 1 is 0.870 bits per heavy atom. The Kier molecular flexibility index (Phi) is 11.8. The Morgan fingerprint density at radius 2 is 1.56 bits per heavy atom. The summed E-state index contributed by atoms with van der Waals surface area (Å²) in [7, 11) is 1.30. The number of fused-ring (bicyclic) bond motifs is 1. The molecular formula is C42H47N5O7. The van der Waals surface area contributed by atoms with Crippen molar-refractivity contribution in [3.63, 3.8) is 0 Å². The van der Waals surface area contributed by atoms with Gasteiger partial charge in [-0.1, -0.05) is 91.0 Å². The Bertz CT molecular complexity index is 2060. The zero-order valence-electron chi connectivity index (χ0n) is 30.4. The maximum Gasteiger partial charge on any atom is 0.328 e. The van der Waals surface area contributed by atoms with Crippen molar-refractivity contribution >= 4 is 23.0 Å². The highest BCUT2D eigenvalue weighted by atomic mass is 16.7. The van der Waals surface area contributed by atoms with E-state index in [0.717, 1.165) is 71.3 Å². The van der Waals surface area contributed by atoms with Gasteiger partial charge in [0, 0.05) is 50.6 Å². The molecule has 3 heterocycles. The van der Waals surface area contributed by atoms with Gasteiger partial charge in [-0.2, -0.15) is 0 Å². The number of aliphatic hydroxyl groups is 1. The summed E-state index contributed by atoms with van der Waals surface area (Å²) in [6, 6.07) is 31.7. The zero-order chi connectivity index (χ0) is 37.4. The molecule has 2 amide bonds. The third kappa shape index (κ3) is 8.91. The van der Waals surface area contributed by atoms with Crippen LogP contribution >= 0.6 is 0 Å². The van der Waals surface area contributed by atoms with E-state index in [-0.39, 0.29) is 37.1 Å². The molecule has 2 saturated heterocycles. The maximum absolute atomic E-state index is 12.8. The number of amides is 2. The van der Waals surface area contributed by atoms with Crippen molar-refractivity contribution in [2.24, 2.45) is 0 Å². The molecule has 4 unspecified atom stereocenters. The van der Waals surface area contributed by atoms with Crippen molar-refractivity contribution in [2.75, 3.05) is 26.7 Å². The van der Waals surface area contributed by atoms with Gasteiger partial charge in [-0.3, -0.25) is 4.57 Å². The summed E-state index contributed by atoms with van der Waals surface area (Å²) in [5, 5.41) is 15.2. The average Bonchev–Trinajstić information content (AvgIpc) is 3.55. The van der Waals surface area contributed by atoms with Gasteiger partial charge in [0.25, 0.3) is 0 Å². The molecule has 7 rings (SSSR count). The fourth-order valence-corrected chi connectivity index (χ4v) is 7.49. The van der Waals surface area contributed by atoms with E-state index >= 15 is 0 Å². The van der Waals surface area contributed by atoms with Gasteiger partial charge in [0.15, 0.2) is 6.29 Å². The number of imidazole rings is 1. The highest BCUT2D eigenvalue weighted by Gasteiger charge is 2.34. The van der Waals surface area contributed by atoms with E-state index in [4.69, 9.17) is 14.2 Å². The van der Waals surface area contributed by atoms with Crippen LogP contribution in [0.2, 0.25) is 0 Å². The number of hydrogen-bond acceptors (Lipinski definition) is 8. The monoisotopic (exact) mass is 733 g/mol. The van der Waals surface area contributed by atoms with Crippen molar-refractivity contribution in [2.45, 2.75) is 69.4 Å². The molecule has 282 valence electrons. The number of nitrogens with one attached hydrogen (secondary N) is 3. The molecular weight excluding hydrogens is 686 g/mol. The number of rotatable bonds is 12. The lowest BCUT2D eigenvalue weighted by molar-refractivity contribution is -0.253. The fraction of sp³-hybridized carbons (Fsp3) is 0.357. The number of H-pyrrole nitrogens is 1. The average molecular weight is 734 g/mol. The molecule has 1 aromatic heterocycles. The molecule has 4 aromatic carbocycles. The molecule has 4 N–H and O–H groups in total. The second kappa shape index (κ2) is 17.3. The van der Waals surface area contributed by atoms with E-state index < -0.39 is 24.3 Å². The molecule has 12 heteroatoms. The lowest BCUT2D eigenvalue weighted by Gasteiger charge is -2.40. The molecule has 2 fully saturated rings. The number of aromatic amines is 1. The van der Waals surface area contributed by atoms with E-state index in [1.807, 2.05) is 108 Å². The number of benzene rings is 4. The summed E-state index contributed by atoms with van der Waals surface area (Å²) in [5.41, 5.74) is 6.25. The van der Waals surface area contributed by atoms with Gasteiger partial charge in [-0.25, -0.2) is 14.4 Å². The predicted molar refractivity (Wildman–Crippen MR) is 203 cm³/mol. The van der Waals surface area contributed by atoms with Crippen LogP contribution in [0.5, 0.6) is 0 Å². The third-order valence-electron chi connectivity index (χ3n) is 10.4. The molecule has 0 bridgehead atoms. The van der Waals surface area contributed by atoms with E-state index in [2.05, 4.69) is 20.5 Å². The Morgan fingerprint density at radius 3 is 2.28 bits per heavy atom. The summed E-state index contributed by atoms with van der Waals surface area (Å²) >= 11 is 0. The fourth-order valence-electron chi connectivity index (χ4n) is 7.49. The standard InChI is InChI=1S/C42H47N5O7/c1-52-39(49)36(23-28-7-3-2-4-8-28)44-41(50)43-25-29-11-17-32(18-12-29)40-53-34(24-38(54-40)31-15-13-30(27-48)14-16-31)26-46-21-19-33(20-22-46)47-37-10-6-5-9-35(37)45-42(47)51/h2-18,33-34,36,38,40,48H,19-27H2,1H3,(H,45,51)(H2,43,44,50). The highest BCUT2D eigenvalue weighted by molar-refractivity contribution is 5.83. The summed E-state index contributed by atoms with van der Waals surface area (Å²) < 4.78 is 20.0. The van der Waals surface area contributed by atoms with Crippen LogP contribution in [0.4, 0.5) is 4.79 Å². The Hall–Kier alpha value is -5.27. The van der Waals surface area contributed by atoms with Crippen molar-refractivity contribution in [3.8, 4) is 0 Å². The van der Waals surface area contributed by atoms with E-state index in [9.17, 15) is 19.5 Å². The molecule has 4 atom stereocenters. The van der Waals surface area contributed by atoms with Crippen molar-refractivity contribution in [1.82, 2.24) is 25.1 Å². The van der Waals surface area contributed by atoms with E-state index in [1.165, 1.54) is 7.11 Å². The second-order valence-corrected chi connectivity index (χ2v) is 14.0. The molecule has 12 nitrogen and oxygen atoms in total. The number of likely N-dealkylation sites (tertiary alicyclic amines) is 1. The summed E-state index contributed by atoms with van der Waals surface area (Å²) in [6.45, 7) is 2.65. The van der Waals surface area contributed by atoms with Crippen LogP contribution in [0.15, 0.2) is 108 Å². The Balaban J connectivity index is 0.982. The van der Waals surface area contributed by atoms with Gasteiger partial charge >= 0.3 is 17.7 Å². The first kappa shape index (κ1) is 37.1. The second-order valence-electron chi connectivity index (χ2n) is 14.0. The lowest BCUT2D eigenvalue weighted by atomic mass is 9.98. The summed E-state index contributed by atoms with van der Waals surface area (Å²) in [6.07, 6.45) is 1.78. The van der Waals surface area contributed by atoms with E-state index in [1.54, 1.807) is 0 Å². The largest absolute Gasteiger partial charge is 0.467 e. The number of methoxy groups -OCH3 is 1. The van der Waals surface area contributed by atoms with Gasteiger partial charge in [0.1, 0.15) is 6.04 Å². The van der Waals surface area contributed by atoms with Crippen molar-refractivity contribution < 1.29 is 28.9 Å². The minimum absolute atomic E-state index is 0.0246. The minimum Gasteiger partial charge on any atom is -0.467 e. The number of para-hydroxylation sites is 2. The number of aliphatic hydroxyl groups excluding tert-OH is 1. The maximum atomic E-state index is 12.8. The number of piperidine rings is 1. The molecule has 0 aliphatic carbocycles. The van der Waals surface area contributed by atoms with Gasteiger partial charge in [-0.05, 0) is 47.2 Å². The molecule has 2 aliphatic heterocycles. The van der Waals surface area contributed by atoms with Crippen LogP contribution in [-0.4, -0.2) is 70.4 Å². The summed E-state index contributed by atoms with van der Waals surface area (Å²) in [5.74, 6) is -0.515. The predicted octanol–water partition coefficient (Wildman–Crippen LogP) is 5.29. The lowest BCUT2D eigenvalue weighted by Crippen LogP contribution is -2.47. The number of hydrogen-bond donors (Lipinski definition) is 4. The van der Waals surface area contributed by atoms with Gasteiger partial charge in [0.2, 0.25) is 0 Å². The molecule has 2 aliphatic rings. The molecule has 0 radical (unpaired) electrons. The van der Waals surface area contributed by atoms with Crippen molar-refractivity contribution in [3.05, 3.63) is 141 Å². The van der Waals surface area contributed by atoms with Crippen LogP contribution in [0.3, 0.4) is 0 Å². The van der Waals surface area contributed by atoms with Gasteiger partial charge in [0.05, 0.1) is 37.0 Å². The number of carbonyl (C=O) groups excluding carboxylic acids is 2. The van der Waals surface area contributed by atoms with Crippen LogP contribution in [0.25, 0.3) is 11.0 Å². The molecule has 0 spiro atoms. The number of nitrogens with zero attached hydrogens (tertiary/aromatic N) is 2. The third-order valence-corrected chi connectivity index (χ3v) is 10.4. The number of aromatic nitrogens is 2. The van der Waals surface area contributed by atoms with Crippen LogP contribution in [-0.2, 0) is 38.6 Å². The zero-order valence-corrected chi connectivity index (χ0v) is 30.4. The van der Waals surface area contributed by atoms with Gasteiger partial charge < -0.3 is 39.8 Å². The number of ether oxygens (including phenoxy) is 3. The molecule has 5 aromatic rings. The van der Waals surface area contributed by atoms with Crippen LogP contribution < -0.4 is 16.3 Å². The molecule has 54 heavy (non-hydrogen) atoms. The first-order valence-electron chi connectivity index (χ1n) is 18.5. The van der Waals surface area contributed by atoms with Gasteiger partial charge in [-0.15, -0.1) is 0 Å².